The van der Waals surface area contributed by atoms with E-state index >= 15 is 0 Å². The Morgan fingerprint density at radius 1 is 0.882 bits per heavy atom. The Morgan fingerprint density at radius 2 is 1.62 bits per heavy atom. The highest BCUT2D eigenvalue weighted by Gasteiger charge is 2.30. The zero-order valence-electron chi connectivity index (χ0n) is 18.2. The number of carbonyl (C=O) groups excluding carboxylic acids is 2. The van der Waals surface area contributed by atoms with Crippen LogP contribution in [0.1, 0.15) is 11.1 Å². The van der Waals surface area contributed by atoms with Gasteiger partial charge in [-0.1, -0.05) is 82.8 Å². The van der Waals surface area contributed by atoms with Gasteiger partial charge in [0.2, 0.25) is 5.91 Å². The molecule has 0 bridgehead atoms. The summed E-state index contributed by atoms with van der Waals surface area (Å²) in [5, 5.41) is 4.15. The molecular formula is C25H22Cl4N2O3. The molecule has 0 unspecified atom stereocenters. The third-order valence-electron chi connectivity index (χ3n) is 5.10. The Hall–Kier alpha value is -2.44. The number of amides is 2. The lowest BCUT2D eigenvalue weighted by Crippen LogP contribution is -2.51. The zero-order valence-corrected chi connectivity index (χ0v) is 21.3. The fourth-order valence-electron chi connectivity index (χ4n) is 3.37. The van der Waals surface area contributed by atoms with Gasteiger partial charge in [0.15, 0.2) is 6.61 Å². The first-order valence-corrected chi connectivity index (χ1v) is 11.9. The molecular weight excluding hydrogens is 518 g/mol. The van der Waals surface area contributed by atoms with Gasteiger partial charge in [-0.15, -0.1) is 0 Å². The van der Waals surface area contributed by atoms with Gasteiger partial charge in [0, 0.05) is 25.0 Å². The van der Waals surface area contributed by atoms with Crippen molar-refractivity contribution in [1.29, 1.82) is 0 Å². The van der Waals surface area contributed by atoms with Crippen LogP contribution in [0.25, 0.3) is 0 Å². The van der Waals surface area contributed by atoms with Gasteiger partial charge >= 0.3 is 0 Å². The highest BCUT2D eigenvalue weighted by Crippen LogP contribution is 2.28. The quantitative estimate of drug-likeness (QED) is 0.359. The van der Waals surface area contributed by atoms with E-state index in [1.165, 1.54) is 18.0 Å². The Labute approximate surface area is 218 Å². The second-order valence-electron chi connectivity index (χ2n) is 7.45. The van der Waals surface area contributed by atoms with Crippen molar-refractivity contribution in [1.82, 2.24) is 10.2 Å². The molecule has 0 saturated heterocycles. The summed E-state index contributed by atoms with van der Waals surface area (Å²) in [5.41, 5.74) is 1.62. The number of carbonyl (C=O) groups is 2. The number of rotatable bonds is 9. The highest BCUT2D eigenvalue weighted by molar-refractivity contribution is 6.42. The SMILES string of the molecule is CNC(=O)[C@H](Cc1ccccc1)N(Cc1ccc(Cl)c(Cl)c1)C(=O)COc1ccc(Cl)cc1Cl. The summed E-state index contributed by atoms with van der Waals surface area (Å²) >= 11 is 24.3. The van der Waals surface area contributed by atoms with E-state index in [-0.39, 0.29) is 24.1 Å². The number of hydrogen-bond acceptors (Lipinski definition) is 3. The number of hydrogen-bond donors (Lipinski definition) is 1. The molecule has 5 nitrogen and oxygen atoms in total. The Kier molecular flexibility index (Phi) is 9.48. The molecule has 0 heterocycles. The van der Waals surface area contributed by atoms with Crippen molar-refractivity contribution in [3.8, 4) is 5.75 Å². The van der Waals surface area contributed by atoms with Crippen LogP contribution in [0.5, 0.6) is 5.75 Å². The van der Waals surface area contributed by atoms with E-state index in [1.54, 1.807) is 30.3 Å². The Bertz CT molecular complexity index is 1160. The van der Waals surface area contributed by atoms with Crippen LogP contribution in [0, 0.1) is 0 Å². The van der Waals surface area contributed by atoms with Crippen LogP contribution in [0.2, 0.25) is 20.1 Å². The van der Waals surface area contributed by atoms with Crippen molar-refractivity contribution in [3.63, 3.8) is 0 Å². The number of nitrogens with one attached hydrogen (secondary N) is 1. The van der Waals surface area contributed by atoms with Gasteiger partial charge in [0.1, 0.15) is 11.8 Å². The summed E-state index contributed by atoms with van der Waals surface area (Å²) in [5.74, 6) is -0.392. The fraction of sp³-hybridized carbons (Fsp3) is 0.200. The molecule has 0 fully saturated rings. The van der Waals surface area contributed by atoms with Crippen LogP contribution in [-0.2, 0) is 22.6 Å². The van der Waals surface area contributed by atoms with E-state index in [9.17, 15) is 9.59 Å². The minimum absolute atomic E-state index is 0.123. The Morgan fingerprint density at radius 3 is 2.26 bits per heavy atom. The fourth-order valence-corrected chi connectivity index (χ4v) is 4.15. The molecule has 0 radical (unpaired) electrons. The second kappa shape index (κ2) is 12.3. The maximum atomic E-state index is 13.4. The lowest BCUT2D eigenvalue weighted by Gasteiger charge is -2.31. The molecule has 0 aliphatic heterocycles. The predicted octanol–water partition coefficient (Wildman–Crippen LogP) is 6.07. The van der Waals surface area contributed by atoms with Crippen molar-refractivity contribution in [3.05, 3.63) is 97.9 Å². The maximum absolute atomic E-state index is 13.4. The average Bonchev–Trinajstić information content (AvgIpc) is 2.83. The van der Waals surface area contributed by atoms with Gasteiger partial charge in [-0.25, -0.2) is 0 Å². The van der Waals surface area contributed by atoms with Crippen LogP contribution in [0.3, 0.4) is 0 Å². The normalized spacial score (nSPS) is 11.6. The summed E-state index contributed by atoms with van der Waals surface area (Å²) in [6.07, 6.45) is 0.315. The number of nitrogens with zero attached hydrogens (tertiary/aromatic N) is 1. The zero-order chi connectivity index (χ0) is 24.7. The largest absolute Gasteiger partial charge is 0.482 e. The van der Waals surface area contributed by atoms with E-state index in [4.69, 9.17) is 51.1 Å². The van der Waals surface area contributed by atoms with Gasteiger partial charge in [0.05, 0.1) is 15.1 Å². The van der Waals surface area contributed by atoms with E-state index in [0.29, 0.717) is 32.8 Å². The van der Waals surface area contributed by atoms with Crippen LogP contribution in [0.4, 0.5) is 0 Å². The Balaban J connectivity index is 1.90. The summed E-state index contributed by atoms with van der Waals surface area (Å²) < 4.78 is 5.67. The molecule has 3 rings (SSSR count). The molecule has 3 aromatic carbocycles. The molecule has 0 saturated carbocycles. The minimum Gasteiger partial charge on any atom is -0.482 e. The van der Waals surface area contributed by atoms with Crippen molar-refractivity contribution in [2.45, 2.75) is 19.0 Å². The molecule has 178 valence electrons. The monoisotopic (exact) mass is 538 g/mol. The molecule has 2 amide bonds. The lowest BCUT2D eigenvalue weighted by molar-refractivity contribution is -0.142. The third-order valence-corrected chi connectivity index (χ3v) is 6.37. The molecule has 0 spiro atoms. The number of likely N-dealkylation sites (N-methyl/N-ethyl adjacent to an activating group) is 1. The minimum atomic E-state index is -0.793. The van der Waals surface area contributed by atoms with Gasteiger partial charge in [-0.3, -0.25) is 9.59 Å². The van der Waals surface area contributed by atoms with E-state index in [1.807, 2.05) is 30.3 Å². The topological polar surface area (TPSA) is 58.6 Å². The molecule has 1 N–H and O–H groups in total. The van der Waals surface area contributed by atoms with E-state index in [0.717, 1.165) is 5.56 Å². The molecule has 34 heavy (non-hydrogen) atoms. The van der Waals surface area contributed by atoms with Gasteiger partial charge in [-0.2, -0.15) is 0 Å². The summed E-state index contributed by atoms with van der Waals surface area (Å²) in [4.78, 5) is 27.8. The van der Waals surface area contributed by atoms with Crippen molar-refractivity contribution >= 4 is 58.2 Å². The number of benzene rings is 3. The van der Waals surface area contributed by atoms with Crippen LogP contribution in [0.15, 0.2) is 66.7 Å². The van der Waals surface area contributed by atoms with Gasteiger partial charge < -0.3 is 15.0 Å². The van der Waals surface area contributed by atoms with Crippen LogP contribution >= 0.6 is 46.4 Å². The molecule has 0 aromatic heterocycles. The highest BCUT2D eigenvalue weighted by atomic mass is 35.5. The van der Waals surface area contributed by atoms with E-state index in [2.05, 4.69) is 5.32 Å². The number of ether oxygens (including phenoxy) is 1. The van der Waals surface area contributed by atoms with Crippen molar-refractivity contribution in [2.75, 3.05) is 13.7 Å². The van der Waals surface area contributed by atoms with Crippen molar-refractivity contribution < 1.29 is 14.3 Å². The standard InChI is InChI=1S/C25H22Cl4N2O3/c1-30-25(33)22(12-16-5-3-2-4-6-16)31(14-17-7-9-19(27)20(28)11-17)24(32)15-34-23-10-8-18(26)13-21(23)29/h2-11,13,22H,12,14-15H2,1H3,(H,30,33)/t22-/m0/s1. The third kappa shape index (κ3) is 7.03. The van der Waals surface area contributed by atoms with Crippen molar-refractivity contribution in [2.24, 2.45) is 0 Å². The summed E-state index contributed by atoms with van der Waals surface area (Å²) in [6, 6.07) is 18.5. The van der Waals surface area contributed by atoms with Gasteiger partial charge in [-0.05, 0) is 41.5 Å². The number of halogens is 4. The van der Waals surface area contributed by atoms with E-state index < -0.39 is 11.9 Å². The first kappa shape index (κ1) is 26.2. The molecule has 9 heteroatoms. The first-order valence-electron chi connectivity index (χ1n) is 10.3. The molecule has 3 aromatic rings. The summed E-state index contributed by atoms with van der Waals surface area (Å²) in [7, 11) is 1.53. The predicted molar refractivity (Wildman–Crippen MR) is 137 cm³/mol. The maximum Gasteiger partial charge on any atom is 0.261 e. The van der Waals surface area contributed by atoms with Gasteiger partial charge in [0.25, 0.3) is 5.91 Å². The second-order valence-corrected chi connectivity index (χ2v) is 9.11. The molecule has 1 atom stereocenters. The smallest absolute Gasteiger partial charge is 0.261 e. The summed E-state index contributed by atoms with van der Waals surface area (Å²) in [6.45, 7) is -0.205. The average molecular weight is 540 g/mol. The first-order chi connectivity index (χ1) is 16.3. The van der Waals surface area contributed by atoms with Crippen LogP contribution in [-0.4, -0.2) is 36.4 Å². The lowest BCUT2D eigenvalue weighted by atomic mass is 10.0. The molecule has 0 aliphatic carbocycles. The molecule has 0 aliphatic rings. The van der Waals surface area contributed by atoms with Crippen LogP contribution < -0.4 is 10.1 Å².